The predicted octanol–water partition coefficient (Wildman–Crippen LogP) is 2.86. The molecule has 2 aromatic rings. The number of hydrogen-bond acceptors (Lipinski definition) is 4. The van der Waals surface area contributed by atoms with Gasteiger partial charge < -0.3 is 4.74 Å². The first-order chi connectivity index (χ1) is 7.38. The van der Waals surface area contributed by atoms with E-state index in [0.717, 1.165) is 5.69 Å². The van der Waals surface area contributed by atoms with Crippen molar-refractivity contribution >= 4 is 22.9 Å². The summed E-state index contributed by atoms with van der Waals surface area (Å²) in [6.45, 7) is 0.534. The summed E-state index contributed by atoms with van der Waals surface area (Å²) in [5.74, 6) is 0.898. The van der Waals surface area contributed by atoms with E-state index < -0.39 is 0 Å². The van der Waals surface area contributed by atoms with E-state index in [0.29, 0.717) is 18.4 Å². The monoisotopic (exact) mass is 240 g/mol. The third-order valence-electron chi connectivity index (χ3n) is 1.77. The molecule has 0 aliphatic heterocycles. The first-order valence-corrected chi connectivity index (χ1v) is 5.83. The van der Waals surface area contributed by atoms with Gasteiger partial charge in [0, 0.05) is 10.9 Å². The molecule has 2 heterocycles. The molecule has 0 atom stereocenters. The zero-order chi connectivity index (χ0) is 10.5. The molecule has 2 aromatic heterocycles. The van der Waals surface area contributed by atoms with Gasteiger partial charge in [-0.3, -0.25) is 0 Å². The van der Waals surface area contributed by atoms with Gasteiger partial charge in [-0.1, -0.05) is 6.07 Å². The van der Waals surface area contributed by atoms with Crippen molar-refractivity contribution in [3.63, 3.8) is 0 Å². The molecule has 0 aliphatic rings. The highest BCUT2D eigenvalue weighted by Gasteiger charge is 1.99. The second kappa shape index (κ2) is 5.09. The third kappa shape index (κ3) is 2.91. The number of ether oxygens (including phenoxy) is 1. The Morgan fingerprint density at radius 3 is 2.80 bits per heavy atom. The topological polar surface area (TPSA) is 35.0 Å². The Morgan fingerprint density at radius 1 is 1.27 bits per heavy atom. The zero-order valence-corrected chi connectivity index (χ0v) is 9.46. The van der Waals surface area contributed by atoms with Crippen LogP contribution >= 0.6 is 22.9 Å². The molecule has 0 saturated heterocycles. The van der Waals surface area contributed by atoms with Crippen molar-refractivity contribution in [3.05, 3.63) is 40.2 Å². The van der Waals surface area contributed by atoms with Crippen LogP contribution in [0.3, 0.4) is 0 Å². The van der Waals surface area contributed by atoms with E-state index in [9.17, 15) is 0 Å². The maximum absolute atomic E-state index is 5.60. The minimum Gasteiger partial charge on any atom is -0.471 e. The number of alkyl halides is 1. The number of halogens is 1. The largest absolute Gasteiger partial charge is 0.471 e. The Kier molecular flexibility index (Phi) is 3.53. The Balaban J connectivity index is 1.93. The summed E-state index contributed by atoms with van der Waals surface area (Å²) in [5, 5.41) is 9.81. The fraction of sp³-hybridized carbons (Fsp3) is 0.200. The second-order valence-electron chi connectivity index (χ2n) is 2.86. The quantitative estimate of drug-likeness (QED) is 0.771. The van der Waals surface area contributed by atoms with Gasteiger partial charge in [-0.25, -0.2) is 0 Å². The lowest BCUT2D eigenvalue weighted by Gasteiger charge is -2.02. The van der Waals surface area contributed by atoms with Crippen LogP contribution < -0.4 is 4.74 Å². The molecule has 15 heavy (non-hydrogen) atoms. The molecule has 78 valence electrons. The number of rotatable bonds is 4. The number of hydrogen-bond donors (Lipinski definition) is 0. The molecule has 3 nitrogen and oxygen atoms in total. The number of nitrogens with zero attached hydrogens (tertiary/aromatic N) is 2. The highest BCUT2D eigenvalue weighted by molar-refractivity contribution is 7.09. The average Bonchev–Trinajstić information content (AvgIpc) is 2.80. The zero-order valence-electron chi connectivity index (χ0n) is 7.89. The van der Waals surface area contributed by atoms with Crippen LogP contribution in [0.4, 0.5) is 0 Å². The highest BCUT2D eigenvalue weighted by Crippen LogP contribution is 2.13. The molecule has 5 heteroatoms. The van der Waals surface area contributed by atoms with Crippen molar-refractivity contribution in [2.45, 2.75) is 12.5 Å². The summed E-state index contributed by atoms with van der Waals surface area (Å²) in [7, 11) is 0. The van der Waals surface area contributed by atoms with Gasteiger partial charge in [-0.05, 0) is 17.5 Å². The van der Waals surface area contributed by atoms with Crippen LogP contribution in [-0.4, -0.2) is 10.2 Å². The van der Waals surface area contributed by atoms with Crippen LogP contribution in [0, 0.1) is 0 Å². The molecule has 0 aliphatic carbocycles. The fourth-order valence-corrected chi connectivity index (χ4v) is 1.79. The Labute approximate surface area is 96.7 Å². The van der Waals surface area contributed by atoms with Gasteiger partial charge in [0.2, 0.25) is 5.88 Å². The molecule has 0 bridgehead atoms. The van der Waals surface area contributed by atoms with E-state index in [1.807, 2.05) is 23.6 Å². The predicted molar refractivity (Wildman–Crippen MR) is 60.2 cm³/mol. The van der Waals surface area contributed by atoms with Gasteiger partial charge in [-0.15, -0.1) is 28.0 Å². The van der Waals surface area contributed by atoms with E-state index in [2.05, 4.69) is 10.2 Å². The summed E-state index contributed by atoms with van der Waals surface area (Å²) in [5.41, 5.74) is 0.750. The molecule has 0 unspecified atom stereocenters. The van der Waals surface area contributed by atoms with Gasteiger partial charge in [0.25, 0.3) is 0 Å². The molecule has 0 N–H and O–H groups in total. The first-order valence-electron chi connectivity index (χ1n) is 4.42. The van der Waals surface area contributed by atoms with E-state index in [4.69, 9.17) is 16.3 Å². The van der Waals surface area contributed by atoms with Crippen molar-refractivity contribution in [2.24, 2.45) is 0 Å². The number of aromatic nitrogens is 2. The lowest BCUT2D eigenvalue weighted by Crippen LogP contribution is -1.97. The van der Waals surface area contributed by atoms with Gasteiger partial charge in [-0.2, -0.15) is 5.10 Å². The van der Waals surface area contributed by atoms with E-state index >= 15 is 0 Å². The Morgan fingerprint density at radius 2 is 2.20 bits per heavy atom. The van der Waals surface area contributed by atoms with Crippen molar-refractivity contribution in [3.8, 4) is 5.88 Å². The lowest BCUT2D eigenvalue weighted by molar-refractivity contribution is 0.293. The van der Waals surface area contributed by atoms with Crippen molar-refractivity contribution < 1.29 is 4.74 Å². The molecular formula is C10H9ClN2OS. The fourth-order valence-electron chi connectivity index (χ4n) is 1.04. The maximum Gasteiger partial charge on any atom is 0.233 e. The summed E-state index contributed by atoms with van der Waals surface area (Å²) in [6, 6.07) is 7.60. The van der Waals surface area contributed by atoms with Crippen molar-refractivity contribution in [2.75, 3.05) is 0 Å². The van der Waals surface area contributed by atoms with Crippen LogP contribution in [0.15, 0.2) is 29.6 Å². The van der Waals surface area contributed by atoms with E-state index in [1.54, 1.807) is 17.4 Å². The normalized spacial score (nSPS) is 10.2. The molecule has 0 amide bonds. The van der Waals surface area contributed by atoms with Crippen LogP contribution in [0.2, 0.25) is 0 Å². The standard InChI is InChI=1S/C10H9ClN2OS/c11-6-8-3-4-10(13-12-8)14-7-9-2-1-5-15-9/h1-5H,6-7H2. The molecule has 0 aromatic carbocycles. The first kappa shape index (κ1) is 10.4. The molecule has 0 radical (unpaired) electrons. The molecular weight excluding hydrogens is 232 g/mol. The van der Waals surface area contributed by atoms with Crippen LogP contribution in [0.5, 0.6) is 5.88 Å². The van der Waals surface area contributed by atoms with Gasteiger partial charge in [0.05, 0.1) is 11.6 Å². The summed E-state index contributed by atoms with van der Waals surface area (Å²) in [4.78, 5) is 1.17. The summed E-state index contributed by atoms with van der Waals surface area (Å²) < 4.78 is 5.44. The molecule has 2 rings (SSSR count). The van der Waals surface area contributed by atoms with Crippen LogP contribution in [0.25, 0.3) is 0 Å². The van der Waals surface area contributed by atoms with Crippen molar-refractivity contribution in [1.82, 2.24) is 10.2 Å². The minimum absolute atomic E-state index is 0.373. The Hall–Kier alpha value is -1.13. The molecule has 0 fully saturated rings. The number of thiophene rings is 1. The second-order valence-corrected chi connectivity index (χ2v) is 4.16. The highest BCUT2D eigenvalue weighted by atomic mass is 35.5. The summed E-state index contributed by atoms with van der Waals surface area (Å²) >= 11 is 7.25. The average molecular weight is 241 g/mol. The van der Waals surface area contributed by atoms with Crippen molar-refractivity contribution in [1.29, 1.82) is 0 Å². The van der Waals surface area contributed by atoms with Crippen LogP contribution in [-0.2, 0) is 12.5 Å². The lowest BCUT2D eigenvalue weighted by atomic mass is 10.4. The third-order valence-corrected chi connectivity index (χ3v) is 2.90. The molecule has 0 saturated carbocycles. The van der Waals surface area contributed by atoms with Crippen LogP contribution in [0.1, 0.15) is 10.6 Å². The van der Waals surface area contributed by atoms with Gasteiger partial charge in [0.15, 0.2) is 0 Å². The SMILES string of the molecule is ClCc1ccc(OCc2cccs2)nn1. The Bertz CT molecular complexity index is 402. The maximum atomic E-state index is 5.60. The molecule has 0 spiro atoms. The van der Waals surface area contributed by atoms with Gasteiger partial charge in [0.1, 0.15) is 6.61 Å². The minimum atomic E-state index is 0.373. The summed E-state index contributed by atoms with van der Waals surface area (Å²) in [6.07, 6.45) is 0. The van der Waals surface area contributed by atoms with E-state index in [-0.39, 0.29) is 0 Å². The smallest absolute Gasteiger partial charge is 0.233 e. The van der Waals surface area contributed by atoms with E-state index in [1.165, 1.54) is 4.88 Å². The van der Waals surface area contributed by atoms with Gasteiger partial charge >= 0.3 is 0 Å².